The third-order valence-electron chi connectivity index (χ3n) is 2.16. The van der Waals surface area contributed by atoms with Crippen LogP contribution in [0.25, 0.3) is 0 Å². The fourth-order valence-corrected chi connectivity index (χ4v) is 1.35. The van der Waals surface area contributed by atoms with E-state index >= 15 is 0 Å². The van der Waals surface area contributed by atoms with Crippen molar-refractivity contribution in [1.82, 2.24) is 0 Å². The van der Waals surface area contributed by atoms with Crippen LogP contribution in [0, 0.1) is 0 Å². The maximum Gasteiger partial charge on any atom is 0.345 e. The van der Waals surface area contributed by atoms with Gasteiger partial charge in [-0.3, -0.25) is 0 Å². The van der Waals surface area contributed by atoms with Crippen molar-refractivity contribution >= 4 is 5.97 Å². The summed E-state index contributed by atoms with van der Waals surface area (Å²) in [6.45, 7) is 3.35. The van der Waals surface area contributed by atoms with E-state index in [1.807, 2.05) is 0 Å². The first-order chi connectivity index (χ1) is 5.94. The summed E-state index contributed by atoms with van der Waals surface area (Å²) in [5.41, 5.74) is -2.63. The van der Waals surface area contributed by atoms with Crippen molar-refractivity contribution in [2.24, 2.45) is 0 Å². The zero-order chi connectivity index (χ0) is 10.1. The number of rotatable bonds is 2. The number of methoxy groups -OCH3 is 1. The van der Waals surface area contributed by atoms with Crippen LogP contribution in [0.2, 0.25) is 0 Å². The smallest absolute Gasteiger partial charge is 0.345 e. The number of aliphatic hydroxyl groups is 1. The van der Waals surface area contributed by atoms with Gasteiger partial charge in [-0.25, -0.2) is 4.79 Å². The van der Waals surface area contributed by atoms with E-state index in [1.54, 1.807) is 12.2 Å². The molecule has 0 aliphatic carbocycles. The highest BCUT2D eigenvalue weighted by Crippen LogP contribution is 2.32. The Hall–Kier alpha value is -0.870. The van der Waals surface area contributed by atoms with E-state index in [-0.39, 0.29) is 0 Å². The molecule has 1 N–H and O–H groups in total. The summed E-state index contributed by atoms with van der Waals surface area (Å²) in [5, 5.41) is 9.79. The highest BCUT2D eigenvalue weighted by molar-refractivity contribution is 5.84. The zero-order valence-corrected chi connectivity index (χ0v) is 8.03. The number of carbonyl (C=O) groups excluding carboxylic acids is 1. The first-order valence-electron chi connectivity index (χ1n) is 4.06. The second-order valence-electron chi connectivity index (χ2n) is 3.50. The molecule has 0 fully saturated rings. The van der Waals surface area contributed by atoms with Crippen LogP contribution < -0.4 is 0 Å². The average Bonchev–Trinajstić information content (AvgIpc) is 2.50. The Morgan fingerprint density at radius 1 is 1.69 bits per heavy atom. The van der Waals surface area contributed by atoms with Crippen molar-refractivity contribution in [3.63, 3.8) is 0 Å². The monoisotopic (exact) mass is 186 g/mol. The normalized spacial score (nSPS) is 27.7. The topological polar surface area (TPSA) is 55.8 Å². The molecule has 0 aromatic rings. The molecule has 1 rings (SSSR count). The van der Waals surface area contributed by atoms with Crippen molar-refractivity contribution in [2.45, 2.75) is 25.0 Å². The standard InChI is InChI=1S/C9H14O4/c1-8(2,11)9(7(10)12-3)5-4-6-13-9/h4-5,11H,6H2,1-3H3. The van der Waals surface area contributed by atoms with Crippen LogP contribution in [0.3, 0.4) is 0 Å². The number of ether oxygens (including phenoxy) is 2. The Morgan fingerprint density at radius 2 is 2.31 bits per heavy atom. The molecule has 0 amide bonds. The first kappa shape index (κ1) is 10.2. The van der Waals surface area contributed by atoms with Gasteiger partial charge < -0.3 is 14.6 Å². The Morgan fingerprint density at radius 3 is 2.62 bits per heavy atom. The third-order valence-corrected chi connectivity index (χ3v) is 2.16. The maximum atomic E-state index is 11.4. The molecule has 4 nitrogen and oxygen atoms in total. The molecule has 0 bridgehead atoms. The summed E-state index contributed by atoms with van der Waals surface area (Å²) in [6, 6.07) is 0. The summed E-state index contributed by atoms with van der Waals surface area (Å²) in [4.78, 5) is 11.4. The summed E-state index contributed by atoms with van der Waals surface area (Å²) >= 11 is 0. The molecule has 1 aliphatic heterocycles. The van der Waals surface area contributed by atoms with Crippen molar-refractivity contribution in [2.75, 3.05) is 13.7 Å². The van der Waals surface area contributed by atoms with Gasteiger partial charge in [0.05, 0.1) is 13.7 Å². The van der Waals surface area contributed by atoms with Crippen LogP contribution in [0.1, 0.15) is 13.8 Å². The lowest BCUT2D eigenvalue weighted by molar-refractivity contribution is -0.184. The molecule has 74 valence electrons. The molecule has 1 atom stereocenters. The average molecular weight is 186 g/mol. The van der Waals surface area contributed by atoms with E-state index < -0.39 is 17.2 Å². The minimum Gasteiger partial charge on any atom is -0.467 e. The SMILES string of the molecule is COC(=O)C1(C(C)(C)O)C=CCO1. The lowest BCUT2D eigenvalue weighted by atomic mass is 9.86. The van der Waals surface area contributed by atoms with E-state index in [1.165, 1.54) is 21.0 Å². The minimum absolute atomic E-state index is 0.319. The van der Waals surface area contributed by atoms with Gasteiger partial charge in [-0.1, -0.05) is 6.08 Å². The van der Waals surface area contributed by atoms with Crippen LogP contribution in [-0.2, 0) is 14.3 Å². The predicted molar refractivity (Wildman–Crippen MR) is 46.1 cm³/mol. The summed E-state index contributed by atoms with van der Waals surface area (Å²) < 4.78 is 9.81. The molecule has 0 aromatic heterocycles. The second-order valence-corrected chi connectivity index (χ2v) is 3.50. The molecule has 13 heavy (non-hydrogen) atoms. The summed E-state index contributed by atoms with van der Waals surface area (Å²) in [6.07, 6.45) is 3.23. The van der Waals surface area contributed by atoms with E-state index in [0.717, 1.165) is 0 Å². The lowest BCUT2D eigenvalue weighted by Crippen LogP contribution is -2.55. The van der Waals surface area contributed by atoms with Crippen LogP contribution in [0.4, 0.5) is 0 Å². The summed E-state index contributed by atoms with van der Waals surface area (Å²) in [7, 11) is 1.27. The van der Waals surface area contributed by atoms with Crippen molar-refractivity contribution < 1.29 is 19.4 Å². The Labute approximate surface area is 77.1 Å². The van der Waals surface area contributed by atoms with Gasteiger partial charge in [0, 0.05) is 0 Å². The molecule has 1 unspecified atom stereocenters. The van der Waals surface area contributed by atoms with Gasteiger partial charge in [-0.05, 0) is 19.9 Å². The molecule has 0 saturated heterocycles. The molecule has 0 aromatic carbocycles. The van der Waals surface area contributed by atoms with Gasteiger partial charge in [0.2, 0.25) is 5.60 Å². The molecule has 0 spiro atoms. The summed E-state index contributed by atoms with van der Waals surface area (Å²) in [5.74, 6) is -0.575. The number of carbonyl (C=O) groups is 1. The van der Waals surface area contributed by atoms with Gasteiger partial charge in [0.1, 0.15) is 5.60 Å². The highest BCUT2D eigenvalue weighted by atomic mass is 16.6. The second kappa shape index (κ2) is 3.12. The largest absolute Gasteiger partial charge is 0.467 e. The Balaban J connectivity index is 3.02. The number of hydrogen-bond acceptors (Lipinski definition) is 4. The van der Waals surface area contributed by atoms with Gasteiger partial charge >= 0.3 is 5.97 Å². The zero-order valence-electron chi connectivity index (χ0n) is 8.03. The maximum absolute atomic E-state index is 11.4. The molecule has 0 radical (unpaired) electrons. The fourth-order valence-electron chi connectivity index (χ4n) is 1.35. The fraction of sp³-hybridized carbons (Fsp3) is 0.667. The van der Waals surface area contributed by atoms with Crippen molar-refractivity contribution in [3.05, 3.63) is 12.2 Å². The highest BCUT2D eigenvalue weighted by Gasteiger charge is 2.52. The quantitative estimate of drug-likeness (QED) is 0.496. The predicted octanol–water partition coefficient (Wildman–Crippen LogP) is 0.255. The van der Waals surface area contributed by atoms with Crippen LogP contribution >= 0.6 is 0 Å². The molecule has 1 heterocycles. The van der Waals surface area contributed by atoms with E-state index in [9.17, 15) is 9.90 Å². The molecular formula is C9H14O4. The molecule has 1 aliphatic rings. The van der Waals surface area contributed by atoms with Gasteiger partial charge in [0.25, 0.3) is 0 Å². The van der Waals surface area contributed by atoms with Crippen LogP contribution in [-0.4, -0.2) is 36.0 Å². The van der Waals surface area contributed by atoms with Gasteiger partial charge in [0.15, 0.2) is 0 Å². The Kier molecular flexibility index (Phi) is 2.45. The van der Waals surface area contributed by atoms with E-state index in [0.29, 0.717) is 6.61 Å². The van der Waals surface area contributed by atoms with Gasteiger partial charge in [-0.2, -0.15) is 0 Å². The van der Waals surface area contributed by atoms with Crippen LogP contribution in [0.5, 0.6) is 0 Å². The van der Waals surface area contributed by atoms with Crippen molar-refractivity contribution in [3.8, 4) is 0 Å². The third kappa shape index (κ3) is 1.47. The number of esters is 1. The Bertz CT molecular complexity index is 238. The molecule has 4 heteroatoms. The number of hydrogen-bond donors (Lipinski definition) is 1. The molecule has 0 saturated carbocycles. The lowest BCUT2D eigenvalue weighted by Gasteiger charge is -2.35. The van der Waals surface area contributed by atoms with Crippen LogP contribution in [0.15, 0.2) is 12.2 Å². The molecular weight excluding hydrogens is 172 g/mol. The van der Waals surface area contributed by atoms with E-state index in [2.05, 4.69) is 4.74 Å². The van der Waals surface area contributed by atoms with E-state index in [4.69, 9.17) is 4.74 Å². The first-order valence-corrected chi connectivity index (χ1v) is 4.06. The van der Waals surface area contributed by atoms with Crippen molar-refractivity contribution in [1.29, 1.82) is 0 Å². The minimum atomic E-state index is -1.35. The van der Waals surface area contributed by atoms with Gasteiger partial charge in [-0.15, -0.1) is 0 Å².